The lowest BCUT2D eigenvalue weighted by atomic mass is 10.1. The van der Waals surface area contributed by atoms with Crippen molar-refractivity contribution in [1.82, 2.24) is 4.98 Å². The number of amides is 1. The highest BCUT2D eigenvalue weighted by Gasteiger charge is 2.18. The van der Waals surface area contributed by atoms with Gasteiger partial charge in [0.1, 0.15) is 0 Å². The highest BCUT2D eigenvalue weighted by Crippen LogP contribution is 2.26. The van der Waals surface area contributed by atoms with E-state index in [0.717, 1.165) is 29.2 Å². The summed E-state index contributed by atoms with van der Waals surface area (Å²) in [7, 11) is 0. The van der Waals surface area contributed by atoms with Gasteiger partial charge < -0.3 is 9.80 Å². The van der Waals surface area contributed by atoms with Crippen LogP contribution in [0.4, 0.5) is 17.1 Å². The number of nitrogens with zero attached hydrogens (tertiary/aromatic N) is 3. The first kappa shape index (κ1) is 18.6. The second-order valence-corrected chi connectivity index (χ2v) is 6.40. The largest absolute Gasteiger partial charge is 0.340 e. The molecule has 1 heterocycles. The molecule has 4 nitrogen and oxygen atoms in total. The Kier molecular flexibility index (Phi) is 5.87. The Hall–Kier alpha value is -3.14. The number of carbonyl (C=O) groups excluding carboxylic acids is 1. The predicted octanol–water partition coefficient (Wildman–Crippen LogP) is 5.21. The first-order valence-electron chi connectivity index (χ1n) is 9.30. The maximum Gasteiger partial charge on any atom is 0.259 e. The summed E-state index contributed by atoms with van der Waals surface area (Å²) < 4.78 is 0. The summed E-state index contributed by atoms with van der Waals surface area (Å²) in [6.45, 7) is 7.50. The molecule has 0 unspecified atom stereocenters. The van der Waals surface area contributed by atoms with Crippen molar-refractivity contribution in [3.8, 4) is 0 Å². The fourth-order valence-corrected chi connectivity index (χ4v) is 3.21. The van der Waals surface area contributed by atoms with Crippen LogP contribution in [-0.2, 0) is 0 Å². The van der Waals surface area contributed by atoms with Gasteiger partial charge in [0, 0.05) is 30.7 Å². The van der Waals surface area contributed by atoms with Crippen LogP contribution >= 0.6 is 0 Å². The molecule has 1 amide bonds. The summed E-state index contributed by atoms with van der Waals surface area (Å²) in [5, 5.41) is 0. The van der Waals surface area contributed by atoms with E-state index in [4.69, 9.17) is 0 Å². The van der Waals surface area contributed by atoms with Crippen LogP contribution in [0.15, 0.2) is 73.1 Å². The number of hydrogen-bond donors (Lipinski definition) is 0. The minimum Gasteiger partial charge on any atom is -0.340 e. The van der Waals surface area contributed by atoms with Crippen LogP contribution in [0.1, 0.15) is 29.8 Å². The number of carbonyl (C=O) groups is 1. The van der Waals surface area contributed by atoms with Crippen LogP contribution in [0.3, 0.4) is 0 Å². The van der Waals surface area contributed by atoms with Crippen LogP contribution in [0.25, 0.3) is 0 Å². The van der Waals surface area contributed by atoms with Gasteiger partial charge in [-0.3, -0.25) is 9.78 Å². The predicted molar refractivity (Wildman–Crippen MR) is 112 cm³/mol. The van der Waals surface area contributed by atoms with Gasteiger partial charge in [0.25, 0.3) is 5.91 Å². The van der Waals surface area contributed by atoms with Crippen molar-refractivity contribution >= 4 is 23.0 Å². The first-order chi connectivity index (χ1) is 13.1. The van der Waals surface area contributed by atoms with Crippen molar-refractivity contribution < 1.29 is 4.79 Å². The van der Waals surface area contributed by atoms with Gasteiger partial charge in [-0.15, -0.1) is 0 Å². The molecular weight excluding hydrogens is 334 g/mol. The van der Waals surface area contributed by atoms with E-state index >= 15 is 0 Å². The van der Waals surface area contributed by atoms with E-state index in [1.807, 2.05) is 62.4 Å². The Morgan fingerprint density at radius 1 is 0.852 bits per heavy atom. The summed E-state index contributed by atoms with van der Waals surface area (Å²) >= 11 is 0. The number of pyridine rings is 1. The van der Waals surface area contributed by atoms with Crippen LogP contribution in [0.2, 0.25) is 0 Å². The van der Waals surface area contributed by atoms with Crippen molar-refractivity contribution in [3.63, 3.8) is 0 Å². The lowest BCUT2D eigenvalue weighted by molar-refractivity contribution is 0.0988. The second kappa shape index (κ2) is 8.49. The number of aromatic nitrogens is 1. The SMILES string of the molecule is CCN(C(=O)c1cncc(N(CC)c2ccccc2)c1)c1cccc(C)c1. The zero-order chi connectivity index (χ0) is 19.2. The quantitative estimate of drug-likeness (QED) is 0.606. The molecule has 138 valence electrons. The molecule has 0 aliphatic heterocycles. The average Bonchev–Trinajstić information content (AvgIpc) is 2.70. The number of rotatable bonds is 6. The molecule has 0 spiro atoms. The van der Waals surface area contributed by atoms with Gasteiger partial charge in [0.15, 0.2) is 0 Å². The van der Waals surface area contributed by atoms with Crippen LogP contribution in [0, 0.1) is 6.92 Å². The van der Waals surface area contributed by atoms with E-state index in [0.29, 0.717) is 12.1 Å². The minimum absolute atomic E-state index is 0.0402. The summed E-state index contributed by atoms with van der Waals surface area (Å²) in [4.78, 5) is 21.4. The van der Waals surface area contributed by atoms with E-state index in [2.05, 4.69) is 28.9 Å². The molecule has 3 rings (SSSR count). The average molecular weight is 359 g/mol. The molecule has 27 heavy (non-hydrogen) atoms. The molecule has 0 N–H and O–H groups in total. The van der Waals surface area contributed by atoms with Crippen molar-refractivity contribution in [1.29, 1.82) is 0 Å². The maximum atomic E-state index is 13.2. The Morgan fingerprint density at radius 2 is 1.59 bits per heavy atom. The zero-order valence-corrected chi connectivity index (χ0v) is 16.1. The Labute approximate surface area is 161 Å². The van der Waals surface area contributed by atoms with Crippen molar-refractivity contribution in [2.45, 2.75) is 20.8 Å². The molecule has 0 fully saturated rings. The number of benzene rings is 2. The van der Waals surface area contributed by atoms with Gasteiger partial charge in [0.05, 0.1) is 17.4 Å². The van der Waals surface area contributed by atoms with Gasteiger partial charge in [-0.2, -0.15) is 0 Å². The summed E-state index contributed by atoms with van der Waals surface area (Å²) in [5.41, 5.74) is 4.62. The normalized spacial score (nSPS) is 10.5. The molecule has 2 aromatic carbocycles. The molecule has 0 aliphatic carbocycles. The summed E-state index contributed by atoms with van der Waals surface area (Å²) in [5.74, 6) is -0.0402. The Morgan fingerprint density at radius 3 is 2.26 bits per heavy atom. The number of para-hydroxylation sites is 1. The van der Waals surface area contributed by atoms with Gasteiger partial charge in [-0.25, -0.2) is 0 Å². The monoisotopic (exact) mass is 359 g/mol. The Balaban J connectivity index is 1.93. The van der Waals surface area contributed by atoms with E-state index < -0.39 is 0 Å². The van der Waals surface area contributed by atoms with Gasteiger partial charge in [-0.05, 0) is 56.7 Å². The maximum absolute atomic E-state index is 13.2. The van der Waals surface area contributed by atoms with Gasteiger partial charge in [-0.1, -0.05) is 30.3 Å². The molecule has 0 bridgehead atoms. The molecule has 4 heteroatoms. The second-order valence-electron chi connectivity index (χ2n) is 6.40. The molecule has 0 saturated heterocycles. The molecule has 0 atom stereocenters. The van der Waals surface area contributed by atoms with Gasteiger partial charge in [0.2, 0.25) is 0 Å². The number of aryl methyl sites for hydroxylation is 1. The topological polar surface area (TPSA) is 36.4 Å². The van der Waals surface area contributed by atoms with Crippen LogP contribution in [-0.4, -0.2) is 24.0 Å². The zero-order valence-electron chi connectivity index (χ0n) is 16.1. The lowest BCUT2D eigenvalue weighted by Gasteiger charge is -2.25. The molecule has 0 radical (unpaired) electrons. The third-order valence-electron chi connectivity index (χ3n) is 4.54. The van der Waals surface area contributed by atoms with Crippen molar-refractivity contribution in [3.05, 3.63) is 84.2 Å². The third-order valence-corrected chi connectivity index (χ3v) is 4.54. The third kappa shape index (κ3) is 4.17. The molecule has 0 saturated carbocycles. The fraction of sp³-hybridized carbons (Fsp3) is 0.217. The minimum atomic E-state index is -0.0402. The standard InChI is InChI=1S/C23H25N3O/c1-4-25(20-11-7-6-8-12-20)22-15-19(16-24-17-22)23(27)26(5-2)21-13-9-10-18(3)14-21/h6-17H,4-5H2,1-3H3. The highest BCUT2D eigenvalue weighted by molar-refractivity contribution is 6.06. The smallest absolute Gasteiger partial charge is 0.259 e. The van der Waals surface area contributed by atoms with Crippen molar-refractivity contribution in [2.24, 2.45) is 0 Å². The van der Waals surface area contributed by atoms with Gasteiger partial charge >= 0.3 is 0 Å². The highest BCUT2D eigenvalue weighted by atomic mass is 16.2. The van der Waals surface area contributed by atoms with Crippen LogP contribution < -0.4 is 9.80 Å². The molecule has 3 aromatic rings. The summed E-state index contributed by atoms with van der Waals surface area (Å²) in [6, 6.07) is 20.1. The fourth-order valence-electron chi connectivity index (χ4n) is 3.21. The van der Waals surface area contributed by atoms with E-state index in [1.54, 1.807) is 17.3 Å². The van der Waals surface area contributed by atoms with E-state index in [-0.39, 0.29) is 5.91 Å². The Bertz CT molecular complexity index is 908. The number of anilines is 3. The summed E-state index contributed by atoms with van der Waals surface area (Å²) in [6.07, 6.45) is 3.44. The van der Waals surface area contributed by atoms with E-state index in [1.165, 1.54) is 0 Å². The molecular formula is C23H25N3O. The first-order valence-corrected chi connectivity index (χ1v) is 9.30. The van der Waals surface area contributed by atoms with Crippen LogP contribution in [0.5, 0.6) is 0 Å². The lowest BCUT2D eigenvalue weighted by Crippen LogP contribution is -2.31. The number of hydrogen-bond acceptors (Lipinski definition) is 3. The van der Waals surface area contributed by atoms with E-state index in [9.17, 15) is 4.79 Å². The molecule has 0 aliphatic rings. The van der Waals surface area contributed by atoms with Crippen molar-refractivity contribution in [2.75, 3.05) is 22.9 Å². The molecule has 1 aromatic heterocycles.